The van der Waals surface area contributed by atoms with Crippen LogP contribution in [-0.2, 0) is 45.8 Å². The van der Waals surface area contributed by atoms with Crippen LogP contribution < -0.4 is 9.64 Å². The van der Waals surface area contributed by atoms with E-state index in [1.165, 1.54) is 21.1 Å². The van der Waals surface area contributed by atoms with Gasteiger partial charge in [-0.25, -0.2) is 9.18 Å². The number of likely N-dealkylation sites (N-methyl/N-ethyl adjacent to an activating group) is 1. The third-order valence-corrected chi connectivity index (χ3v) is 16.0. The number of piperidine rings is 1. The number of esters is 3. The maximum absolute atomic E-state index is 17.0. The van der Waals surface area contributed by atoms with Crippen molar-refractivity contribution in [2.75, 3.05) is 66.0 Å². The summed E-state index contributed by atoms with van der Waals surface area (Å²) in [4.78, 5) is 52.9. The fourth-order valence-electron chi connectivity index (χ4n) is 13.4. The van der Waals surface area contributed by atoms with Crippen molar-refractivity contribution in [2.45, 2.75) is 98.5 Å². The van der Waals surface area contributed by atoms with E-state index in [1.54, 1.807) is 14.0 Å². The monoisotopic (exact) mass is 846 g/mol. The number of para-hydroxylation sites is 1. The van der Waals surface area contributed by atoms with Crippen LogP contribution in [0.2, 0.25) is 0 Å². The molecule has 4 unspecified atom stereocenters. The summed E-state index contributed by atoms with van der Waals surface area (Å²) in [7, 11) is 6.03. The number of aromatic amines is 1. The predicted octanol–water partition coefficient (Wildman–Crippen LogP) is 5.19. The van der Waals surface area contributed by atoms with Gasteiger partial charge in [0.1, 0.15) is 16.8 Å². The summed E-state index contributed by atoms with van der Waals surface area (Å²) in [6, 6.07) is 10.6. The van der Waals surface area contributed by atoms with Crippen LogP contribution in [0.1, 0.15) is 68.8 Å². The molecule has 14 heteroatoms. The molecule has 6 aliphatic rings. The first kappa shape index (κ1) is 41.2. The number of nitrogens with one attached hydrogen (secondary N) is 1. The molecule has 12 nitrogen and oxygen atoms in total. The molecule has 2 aromatic carbocycles. The van der Waals surface area contributed by atoms with Gasteiger partial charge in [-0.3, -0.25) is 19.4 Å². The Morgan fingerprint density at radius 1 is 1.05 bits per heavy atom. The molecule has 1 aliphatic carbocycles. The van der Waals surface area contributed by atoms with Gasteiger partial charge in [0, 0.05) is 90.9 Å². The van der Waals surface area contributed by atoms with Crippen LogP contribution >= 0.6 is 11.6 Å². The number of H-pyrrole nitrogens is 1. The Labute approximate surface area is 355 Å². The number of ether oxygens (including phenoxy) is 4. The van der Waals surface area contributed by atoms with Crippen molar-refractivity contribution in [3.63, 3.8) is 0 Å². The molecule has 3 fully saturated rings. The standard InChI is InChI=1S/C46H56ClFN4O8/c1-8-42-15-11-17-52-19-16-44(37(42)52)31-20-32(35(57-5)21-34(31)50(4)38(44)46(56,41(55)59-7)39(42)60-27(3)53)45(40(54)58-6)23-28-22-43(48,26(2)47)25-51(24-28)18-14-30-29-12-9-10-13-33(29)49-36(30)45/h9-13,15,20-21,26,28,37-39,49,56H,8,14,16-19,22-25H2,1-7H3/t26?,28?,37-,38+,39+,42+,43?,44+,45-,46-/m0/s1. The van der Waals surface area contributed by atoms with Crippen molar-refractivity contribution in [3.8, 4) is 5.75 Å². The lowest BCUT2D eigenvalue weighted by atomic mass is 9.47. The molecule has 2 N–H and O–H groups in total. The van der Waals surface area contributed by atoms with Gasteiger partial charge in [-0.2, -0.15) is 0 Å². The van der Waals surface area contributed by atoms with Gasteiger partial charge in [0.15, 0.2) is 6.10 Å². The van der Waals surface area contributed by atoms with Gasteiger partial charge < -0.3 is 33.9 Å². The highest BCUT2D eigenvalue weighted by molar-refractivity contribution is 6.21. The average molecular weight is 847 g/mol. The highest BCUT2D eigenvalue weighted by atomic mass is 35.5. The van der Waals surface area contributed by atoms with Crippen LogP contribution in [-0.4, -0.2) is 134 Å². The molecular weight excluding hydrogens is 791 g/mol. The molecule has 1 spiro atoms. The highest BCUT2D eigenvalue weighted by Gasteiger charge is 2.80. The van der Waals surface area contributed by atoms with E-state index in [4.69, 9.17) is 30.5 Å². The van der Waals surface area contributed by atoms with Gasteiger partial charge in [0.25, 0.3) is 0 Å². The number of benzene rings is 2. The molecule has 60 heavy (non-hydrogen) atoms. The normalized spacial score (nSPS) is 37.1. The zero-order chi connectivity index (χ0) is 42.7. The molecule has 2 saturated heterocycles. The molecule has 9 rings (SSSR count). The summed E-state index contributed by atoms with van der Waals surface area (Å²) in [5.41, 5.74) is -2.97. The fraction of sp³-hybridized carbons (Fsp3) is 0.587. The second-order valence-electron chi connectivity index (χ2n) is 18.3. The summed E-state index contributed by atoms with van der Waals surface area (Å²) in [6.07, 6.45) is 4.62. The first-order valence-electron chi connectivity index (χ1n) is 21.2. The second-order valence-corrected chi connectivity index (χ2v) is 18.9. The Kier molecular flexibility index (Phi) is 9.74. The first-order chi connectivity index (χ1) is 28.6. The fourth-order valence-corrected chi connectivity index (χ4v) is 13.6. The van der Waals surface area contributed by atoms with Crippen molar-refractivity contribution >= 4 is 46.1 Å². The Balaban J connectivity index is 1.36. The summed E-state index contributed by atoms with van der Waals surface area (Å²) < 4.78 is 40.9. The average Bonchev–Trinajstić information content (AvgIpc) is 3.89. The minimum atomic E-state index is -2.33. The van der Waals surface area contributed by atoms with Gasteiger partial charge in [0.2, 0.25) is 5.60 Å². The summed E-state index contributed by atoms with van der Waals surface area (Å²) >= 11 is 6.65. The number of carbonyl (C=O) groups is 3. The smallest absolute Gasteiger partial charge is 0.344 e. The van der Waals surface area contributed by atoms with E-state index < -0.39 is 62.9 Å². The van der Waals surface area contributed by atoms with Crippen LogP contribution in [0.15, 0.2) is 48.6 Å². The van der Waals surface area contributed by atoms with Crippen LogP contribution in [0, 0.1) is 11.3 Å². The van der Waals surface area contributed by atoms with Crippen molar-refractivity contribution in [3.05, 3.63) is 70.9 Å². The van der Waals surface area contributed by atoms with E-state index >= 15 is 9.18 Å². The summed E-state index contributed by atoms with van der Waals surface area (Å²) in [5, 5.41) is 13.5. The van der Waals surface area contributed by atoms with Gasteiger partial charge >= 0.3 is 17.9 Å². The van der Waals surface area contributed by atoms with Crippen molar-refractivity contribution in [1.29, 1.82) is 0 Å². The quantitative estimate of drug-likeness (QED) is 0.141. The van der Waals surface area contributed by atoms with E-state index in [1.807, 2.05) is 67.4 Å². The molecule has 0 radical (unpaired) electrons. The minimum absolute atomic E-state index is 0.149. The number of fused-ring (bicyclic) bond motifs is 6. The van der Waals surface area contributed by atoms with Gasteiger partial charge in [-0.05, 0) is 74.8 Å². The SMILES string of the molecule is CC[C@]12C=CCN3CC[C@@]4(c5cc([C@@]6(C(=O)OC)CC7CN(CCc8c6[nH]c6ccccc86)CC(F)(C(C)Cl)C7)c(OC)cc5N(C)[C@H]4[C@@](O)(C(=O)OC)[C@@H]1OC(C)=O)[C@@H]32. The van der Waals surface area contributed by atoms with Gasteiger partial charge in [-0.1, -0.05) is 37.3 Å². The Hall–Kier alpha value is -4.17. The molecule has 322 valence electrons. The molecule has 3 aromatic rings. The third kappa shape index (κ3) is 5.27. The van der Waals surface area contributed by atoms with Gasteiger partial charge in [-0.15, -0.1) is 11.6 Å². The number of hydrogen-bond acceptors (Lipinski definition) is 11. The Bertz CT molecular complexity index is 2300. The number of halogens is 2. The van der Waals surface area contributed by atoms with E-state index in [9.17, 15) is 14.7 Å². The molecule has 0 amide bonds. The summed E-state index contributed by atoms with van der Waals surface area (Å²) in [5.74, 6) is -1.96. The molecule has 11 atom stereocenters. The topological polar surface area (TPSA) is 134 Å². The first-order valence-corrected chi connectivity index (χ1v) is 21.6. The molecule has 5 aliphatic heterocycles. The van der Waals surface area contributed by atoms with E-state index in [2.05, 4.69) is 14.8 Å². The lowest BCUT2D eigenvalue weighted by Gasteiger charge is -2.63. The number of nitrogens with zero attached hydrogens (tertiary/aromatic N) is 3. The lowest BCUT2D eigenvalue weighted by molar-refractivity contribution is -0.228. The van der Waals surface area contributed by atoms with Gasteiger partial charge in [0.05, 0.1) is 32.7 Å². The van der Waals surface area contributed by atoms with Crippen molar-refractivity contribution < 1.29 is 42.8 Å². The van der Waals surface area contributed by atoms with Crippen LogP contribution in [0.3, 0.4) is 0 Å². The van der Waals surface area contributed by atoms with E-state index in [0.717, 1.165) is 22.0 Å². The van der Waals surface area contributed by atoms with Crippen LogP contribution in [0.5, 0.6) is 5.75 Å². The largest absolute Gasteiger partial charge is 0.496 e. The molecular formula is C46H56ClFN4O8. The maximum Gasteiger partial charge on any atom is 0.344 e. The zero-order valence-corrected chi connectivity index (χ0v) is 36.2. The molecule has 2 bridgehead atoms. The highest BCUT2D eigenvalue weighted by Crippen LogP contribution is 2.68. The second kappa shape index (κ2) is 14.2. The molecule has 1 aromatic heterocycles. The number of anilines is 1. The Morgan fingerprint density at radius 2 is 1.80 bits per heavy atom. The van der Waals surface area contributed by atoms with Crippen molar-refractivity contribution in [2.24, 2.45) is 11.3 Å². The third-order valence-electron chi connectivity index (χ3n) is 15.6. The number of hydrogen-bond donors (Lipinski definition) is 2. The van der Waals surface area contributed by atoms with Crippen LogP contribution in [0.25, 0.3) is 10.9 Å². The number of rotatable bonds is 7. The molecule has 6 heterocycles. The van der Waals surface area contributed by atoms with Crippen LogP contribution in [0.4, 0.5) is 10.1 Å². The van der Waals surface area contributed by atoms with E-state index in [-0.39, 0.29) is 31.3 Å². The molecule has 1 saturated carbocycles. The predicted molar refractivity (Wildman–Crippen MR) is 224 cm³/mol. The van der Waals surface area contributed by atoms with Crippen molar-refractivity contribution in [1.82, 2.24) is 14.8 Å². The summed E-state index contributed by atoms with van der Waals surface area (Å²) in [6.45, 7) is 7.56. The lowest BCUT2D eigenvalue weighted by Crippen LogP contribution is -2.81. The maximum atomic E-state index is 17.0. The number of aliphatic hydroxyl groups is 1. The Morgan fingerprint density at radius 3 is 2.48 bits per heavy atom. The number of carbonyl (C=O) groups excluding carboxylic acids is 3. The minimum Gasteiger partial charge on any atom is -0.496 e. The number of alkyl halides is 2. The number of aromatic nitrogens is 1. The van der Waals surface area contributed by atoms with E-state index in [0.29, 0.717) is 68.1 Å². The zero-order valence-electron chi connectivity index (χ0n) is 35.5. The number of methoxy groups -OCH3 is 3.